The second kappa shape index (κ2) is 2.48. The zero-order valence-electron chi connectivity index (χ0n) is 6.84. The van der Waals surface area contributed by atoms with Crippen molar-refractivity contribution in [3.63, 3.8) is 0 Å². The van der Waals surface area contributed by atoms with E-state index in [-0.39, 0.29) is 5.91 Å². The second-order valence-corrected chi connectivity index (χ2v) is 3.66. The second-order valence-electron chi connectivity index (χ2n) is 3.66. The monoisotopic (exact) mass is 154 g/mol. The van der Waals surface area contributed by atoms with Gasteiger partial charge in [0.15, 0.2) is 0 Å². The van der Waals surface area contributed by atoms with E-state index in [1.54, 1.807) is 0 Å². The number of carbonyl (C=O) groups excluding carboxylic acids is 1. The SMILES string of the molecule is CN1CCC2C(=O)NCC2C1. The van der Waals surface area contributed by atoms with Crippen molar-refractivity contribution < 1.29 is 4.79 Å². The van der Waals surface area contributed by atoms with E-state index in [0.717, 1.165) is 26.1 Å². The molecule has 0 radical (unpaired) electrons. The summed E-state index contributed by atoms with van der Waals surface area (Å²) in [4.78, 5) is 13.5. The Bertz CT molecular complexity index is 181. The molecular weight excluding hydrogens is 140 g/mol. The standard InChI is InChI=1S/C8H14N2O/c1-10-3-2-7-6(5-10)4-9-8(7)11/h6-7H,2-5H2,1H3,(H,9,11). The summed E-state index contributed by atoms with van der Waals surface area (Å²) in [5.41, 5.74) is 0. The fourth-order valence-electron chi connectivity index (χ4n) is 2.13. The zero-order valence-corrected chi connectivity index (χ0v) is 6.84. The van der Waals surface area contributed by atoms with E-state index in [2.05, 4.69) is 17.3 Å². The highest BCUT2D eigenvalue weighted by Gasteiger charge is 2.37. The topological polar surface area (TPSA) is 32.3 Å². The molecule has 0 aromatic carbocycles. The summed E-state index contributed by atoms with van der Waals surface area (Å²) in [6.45, 7) is 3.06. The molecule has 1 N–H and O–H groups in total. The minimum Gasteiger partial charge on any atom is -0.355 e. The van der Waals surface area contributed by atoms with Gasteiger partial charge in [0.2, 0.25) is 5.91 Å². The Balaban J connectivity index is 2.06. The highest BCUT2D eigenvalue weighted by atomic mass is 16.2. The van der Waals surface area contributed by atoms with Gasteiger partial charge in [0, 0.05) is 24.9 Å². The average molecular weight is 154 g/mol. The van der Waals surface area contributed by atoms with Gasteiger partial charge in [-0.15, -0.1) is 0 Å². The van der Waals surface area contributed by atoms with Crippen LogP contribution in [0.25, 0.3) is 0 Å². The molecule has 3 heteroatoms. The Hall–Kier alpha value is -0.570. The lowest BCUT2D eigenvalue weighted by Crippen LogP contribution is -2.38. The van der Waals surface area contributed by atoms with Crippen LogP contribution in [0.1, 0.15) is 6.42 Å². The van der Waals surface area contributed by atoms with Crippen LogP contribution in [0.5, 0.6) is 0 Å². The molecule has 2 rings (SSSR count). The molecule has 0 spiro atoms. The van der Waals surface area contributed by atoms with Crippen LogP contribution in [0.15, 0.2) is 0 Å². The van der Waals surface area contributed by atoms with Gasteiger partial charge in [0.25, 0.3) is 0 Å². The summed E-state index contributed by atoms with van der Waals surface area (Å²) < 4.78 is 0. The predicted octanol–water partition coefficient (Wildman–Crippen LogP) is -0.316. The normalized spacial score (nSPS) is 38.5. The largest absolute Gasteiger partial charge is 0.355 e. The fourth-order valence-corrected chi connectivity index (χ4v) is 2.13. The Morgan fingerprint density at radius 3 is 3.27 bits per heavy atom. The number of rotatable bonds is 0. The van der Waals surface area contributed by atoms with Gasteiger partial charge in [0.1, 0.15) is 0 Å². The molecule has 1 amide bonds. The molecule has 0 saturated carbocycles. The van der Waals surface area contributed by atoms with Crippen molar-refractivity contribution in [2.45, 2.75) is 6.42 Å². The number of nitrogens with zero attached hydrogens (tertiary/aromatic N) is 1. The Morgan fingerprint density at radius 2 is 2.45 bits per heavy atom. The van der Waals surface area contributed by atoms with E-state index in [1.807, 2.05) is 0 Å². The van der Waals surface area contributed by atoms with Crippen LogP contribution >= 0.6 is 0 Å². The van der Waals surface area contributed by atoms with Crippen LogP contribution in [0.2, 0.25) is 0 Å². The van der Waals surface area contributed by atoms with Crippen molar-refractivity contribution in [2.24, 2.45) is 11.8 Å². The maximum atomic E-state index is 11.2. The minimum absolute atomic E-state index is 0.281. The van der Waals surface area contributed by atoms with Crippen molar-refractivity contribution in [2.75, 3.05) is 26.7 Å². The van der Waals surface area contributed by atoms with E-state index >= 15 is 0 Å². The Morgan fingerprint density at radius 1 is 1.64 bits per heavy atom. The van der Waals surface area contributed by atoms with Crippen LogP contribution in [0.3, 0.4) is 0 Å². The molecule has 2 aliphatic rings. The van der Waals surface area contributed by atoms with E-state index in [9.17, 15) is 4.79 Å². The molecule has 0 bridgehead atoms. The molecule has 0 aromatic heterocycles. The van der Waals surface area contributed by atoms with Crippen molar-refractivity contribution >= 4 is 5.91 Å². The van der Waals surface area contributed by atoms with E-state index < -0.39 is 0 Å². The van der Waals surface area contributed by atoms with Crippen molar-refractivity contribution in [3.8, 4) is 0 Å². The van der Waals surface area contributed by atoms with Gasteiger partial charge in [-0.25, -0.2) is 0 Å². The zero-order chi connectivity index (χ0) is 7.84. The summed E-state index contributed by atoms with van der Waals surface area (Å²) in [6, 6.07) is 0. The van der Waals surface area contributed by atoms with E-state index in [1.165, 1.54) is 0 Å². The minimum atomic E-state index is 0.281. The molecule has 2 atom stereocenters. The number of piperidine rings is 1. The van der Waals surface area contributed by atoms with Gasteiger partial charge in [0.05, 0.1) is 0 Å². The number of amides is 1. The van der Waals surface area contributed by atoms with Gasteiger partial charge < -0.3 is 10.2 Å². The maximum Gasteiger partial charge on any atom is 0.223 e. The van der Waals surface area contributed by atoms with Crippen LogP contribution in [0.4, 0.5) is 0 Å². The number of carbonyl (C=O) groups is 1. The van der Waals surface area contributed by atoms with Crippen molar-refractivity contribution in [1.82, 2.24) is 10.2 Å². The first-order valence-corrected chi connectivity index (χ1v) is 4.23. The smallest absolute Gasteiger partial charge is 0.223 e. The molecule has 2 aliphatic heterocycles. The Kier molecular flexibility index (Phi) is 1.60. The molecule has 62 valence electrons. The molecule has 2 unspecified atom stereocenters. The first kappa shape index (κ1) is 7.10. The molecule has 3 nitrogen and oxygen atoms in total. The molecular formula is C8H14N2O. The first-order chi connectivity index (χ1) is 5.27. The molecule has 2 saturated heterocycles. The lowest BCUT2D eigenvalue weighted by molar-refractivity contribution is -0.123. The molecule has 2 fully saturated rings. The molecule has 0 aliphatic carbocycles. The summed E-state index contributed by atoms with van der Waals surface area (Å²) in [6.07, 6.45) is 1.05. The van der Waals surface area contributed by atoms with E-state index in [4.69, 9.17) is 0 Å². The van der Waals surface area contributed by atoms with E-state index in [0.29, 0.717) is 11.8 Å². The summed E-state index contributed by atoms with van der Waals surface area (Å²) in [5, 5.41) is 2.92. The van der Waals surface area contributed by atoms with Gasteiger partial charge in [-0.2, -0.15) is 0 Å². The van der Waals surface area contributed by atoms with Crippen molar-refractivity contribution in [1.29, 1.82) is 0 Å². The van der Waals surface area contributed by atoms with Crippen LogP contribution < -0.4 is 5.32 Å². The summed E-state index contributed by atoms with van der Waals surface area (Å²) in [7, 11) is 2.12. The number of nitrogens with one attached hydrogen (secondary N) is 1. The van der Waals surface area contributed by atoms with Crippen LogP contribution in [0, 0.1) is 11.8 Å². The van der Waals surface area contributed by atoms with Gasteiger partial charge in [-0.1, -0.05) is 0 Å². The lowest BCUT2D eigenvalue weighted by atomic mass is 9.88. The number of likely N-dealkylation sites (tertiary alicyclic amines) is 1. The third kappa shape index (κ3) is 1.13. The summed E-state index contributed by atoms with van der Waals surface area (Å²) in [5.74, 6) is 1.19. The van der Waals surface area contributed by atoms with Crippen LogP contribution in [-0.4, -0.2) is 37.5 Å². The highest BCUT2D eigenvalue weighted by Crippen LogP contribution is 2.26. The first-order valence-electron chi connectivity index (χ1n) is 4.23. The fraction of sp³-hybridized carbons (Fsp3) is 0.875. The maximum absolute atomic E-state index is 11.2. The Labute approximate surface area is 66.8 Å². The third-order valence-corrected chi connectivity index (χ3v) is 2.81. The number of hydrogen-bond acceptors (Lipinski definition) is 2. The third-order valence-electron chi connectivity index (χ3n) is 2.81. The quantitative estimate of drug-likeness (QED) is 0.519. The lowest BCUT2D eigenvalue weighted by Gasteiger charge is -2.30. The van der Waals surface area contributed by atoms with Crippen molar-refractivity contribution in [3.05, 3.63) is 0 Å². The molecule has 2 heterocycles. The molecule has 11 heavy (non-hydrogen) atoms. The predicted molar refractivity (Wildman–Crippen MR) is 42.1 cm³/mol. The average Bonchev–Trinajstić information content (AvgIpc) is 2.32. The van der Waals surface area contributed by atoms with Gasteiger partial charge in [-0.3, -0.25) is 4.79 Å². The molecule has 0 aromatic rings. The van der Waals surface area contributed by atoms with Gasteiger partial charge >= 0.3 is 0 Å². The highest BCUT2D eigenvalue weighted by molar-refractivity contribution is 5.81. The number of fused-ring (bicyclic) bond motifs is 1. The number of hydrogen-bond donors (Lipinski definition) is 1. The summed E-state index contributed by atoms with van der Waals surface area (Å²) >= 11 is 0. The van der Waals surface area contributed by atoms with Gasteiger partial charge in [-0.05, 0) is 20.0 Å². The van der Waals surface area contributed by atoms with Crippen LogP contribution in [-0.2, 0) is 4.79 Å².